The van der Waals surface area contributed by atoms with Crippen LogP contribution in [-0.4, -0.2) is 26.7 Å². The first-order valence-electron chi connectivity index (χ1n) is 9.25. The van der Waals surface area contributed by atoms with Crippen LogP contribution < -0.4 is 10.6 Å². The molecule has 6 nitrogen and oxygen atoms in total. The average Bonchev–Trinajstić information content (AvgIpc) is 3.35. The quantitative estimate of drug-likeness (QED) is 0.847. The predicted molar refractivity (Wildman–Crippen MR) is 94.9 cm³/mol. The number of benzene rings is 1. The predicted octanol–water partition coefficient (Wildman–Crippen LogP) is 2.28. The minimum absolute atomic E-state index is 0.0407. The van der Waals surface area contributed by atoms with Crippen LogP contribution in [0.5, 0.6) is 0 Å². The first-order chi connectivity index (χ1) is 12.2. The Balaban J connectivity index is 1.55. The third-order valence-corrected chi connectivity index (χ3v) is 5.01. The largest absolute Gasteiger partial charge is 0.352 e. The zero-order chi connectivity index (χ0) is 17.2. The third kappa shape index (κ3) is 3.58. The molecule has 4 rings (SSSR count). The van der Waals surface area contributed by atoms with Gasteiger partial charge in [0.05, 0.1) is 6.04 Å². The average molecular weight is 339 g/mol. The standard InChI is InChI=1S/C19H25N5O/c1-13(18-23-22-16-9-5-6-12-24(16)18)20-17(14-7-3-2-4-8-14)19(25)21-15-10-11-15/h2-4,7-8,13,15,17,20H,5-6,9-12H2,1H3,(H,21,25)/t13-,17-/m0/s1. The van der Waals surface area contributed by atoms with E-state index < -0.39 is 0 Å². The summed E-state index contributed by atoms with van der Waals surface area (Å²) >= 11 is 0. The highest BCUT2D eigenvalue weighted by Gasteiger charge is 2.30. The maximum atomic E-state index is 12.8. The van der Waals surface area contributed by atoms with Gasteiger partial charge in [0.2, 0.25) is 5.91 Å². The van der Waals surface area contributed by atoms with Crippen LogP contribution in [0.15, 0.2) is 30.3 Å². The van der Waals surface area contributed by atoms with Gasteiger partial charge in [0, 0.05) is 19.0 Å². The minimum Gasteiger partial charge on any atom is -0.352 e. The van der Waals surface area contributed by atoms with E-state index in [4.69, 9.17) is 0 Å². The zero-order valence-electron chi connectivity index (χ0n) is 14.6. The van der Waals surface area contributed by atoms with Gasteiger partial charge in [0.25, 0.3) is 0 Å². The van der Waals surface area contributed by atoms with E-state index >= 15 is 0 Å². The van der Waals surface area contributed by atoms with Crippen molar-refractivity contribution in [2.75, 3.05) is 0 Å². The van der Waals surface area contributed by atoms with Crippen LogP contribution >= 0.6 is 0 Å². The van der Waals surface area contributed by atoms with E-state index in [2.05, 4.69) is 32.3 Å². The second kappa shape index (κ2) is 6.96. The normalized spacial score (nSPS) is 19.1. The van der Waals surface area contributed by atoms with Crippen molar-refractivity contribution in [2.24, 2.45) is 0 Å². The van der Waals surface area contributed by atoms with Crippen LogP contribution in [0.3, 0.4) is 0 Å². The van der Waals surface area contributed by atoms with Gasteiger partial charge >= 0.3 is 0 Å². The van der Waals surface area contributed by atoms with Crippen LogP contribution in [-0.2, 0) is 17.8 Å². The summed E-state index contributed by atoms with van der Waals surface area (Å²) in [6.45, 7) is 3.03. The van der Waals surface area contributed by atoms with Crippen molar-refractivity contribution in [2.45, 2.75) is 63.7 Å². The number of hydrogen-bond acceptors (Lipinski definition) is 4. The third-order valence-electron chi connectivity index (χ3n) is 5.01. The molecule has 2 aromatic rings. The van der Waals surface area contributed by atoms with Gasteiger partial charge in [0.15, 0.2) is 0 Å². The number of fused-ring (bicyclic) bond motifs is 1. The summed E-state index contributed by atoms with van der Waals surface area (Å²) in [5.41, 5.74) is 0.978. The Morgan fingerprint density at radius 2 is 2.00 bits per heavy atom. The van der Waals surface area contributed by atoms with Crippen molar-refractivity contribution in [3.63, 3.8) is 0 Å². The van der Waals surface area contributed by atoms with Crippen LogP contribution in [0.2, 0.25) is 0 Å². The summed E-state index contributed by atoms with van der Waals surface area (Å²) < 4.78 is 2.21. The Morgan fingerprint density at radius 1 is 1.20 bits per heavy atom. The highest BCUT2D eigenvalue weighted by molar-refractivity contribution is 5.83. The first-order valence-corrected chi connectivity index (χ1v) is 9.25. The molecular weight excluding hydrogens is 314 g/mol. The first kappa shape index (κ1) is 16.3. The molecule has 1 aliphatic carbocycles. The van der Waals surface area contributed by atoms with Gasteiger partial charge < -0.3 is 9.88 Å². The number of carbonyl (C=O) groups is 1. The number of nitrogens with one attached hydrogen (secondary N) is 2. The number of nitrogens with zero attached hydrogens (tertiary/aromatic N) is 3. The highest BCUT2D eigenvalue weighted by Crippen LogP contribution is 2.24. The fourth-order valence-electron chi connectivity index (χ4n) is 3.46. The molecule has 0 radical (unpaired) electrons. The molecule has 2 heterocycles. The second-order valence-corrected chi connectivity index (χ2v) is 7.10. The number of rotatable bonds is 6. The summed E-state index contributed by atoms with van der Waals surface area (Å²) in [5.74, 6) is 2.03. The van der Waals surface area contributed by atoms with E-state index in [9.17, 15) is 4.79 Å². The van der Waals surface area contributed by atoms with Crippen LogP contribution in [0, 0.1) is 0 Å². The maximum Gasteiger partial charge on any atom is 0.241 e. The van der Waals surface area contributed by atoms with Gasteiger partial charge in [-0.3, -0.25) is 10.1 Å². The molecular formula is C19H25N5O. The number of carbonyl (C=O) groups excluding carboxylic acids is 1. The molecule has 1 amide bonds. The maximum absolute atomic E-state index is 12.8. The van der Waals surface area contributed by atoms with E-state index in [1.807, 2.05) is 30.3 Å². The summed E-state index contributed by atoms with van der Waals surface area (Å²) in [6, 6.07) is 9.82. The summed E-state index contributed by atoms with van der Waals surface area (Å²) in [7, 11) is 0. The Bertz CT molecular complexity index is 738. The molecule has 1 saturated carbocycles. The molecule has 1 fully saturated rings. The van der Waals surface area contributed by atoms with Gasteiger partial charge in [-0.05, 0) is 38.2 Å². The molecule has 132 valence electrons. The van der Waals surface area contributed by atoms with Crippen LogP contribution in [0.25, 0.3) is 0 Å². The topological polar surface area (TPSA) is 71.8 Å². The van der Waals surface area contributed by atoms with Gasteiger partial charge in [-0.25, -0.2) is 0 Å². The Morgan fingerprint density at radius 3 is 2.76 bits per heavy atom. The molecule has 25 heavy (non-hydrogen) atoms. The number of aryl methyl sites for hydroxylation is 1. The summed E-state index contributed by atoms with van der Waals surface area (Å²) in [4.78, 5) is 12.8. The smallest absolute Gasteiger partial charge is 0.241 e. The van der Waals surface area contributed by atoms with Crippen molar-refractivity contribution in [1.82, 2.24) is 25.4 Å². The molecule has 2 N–H and O–H groups in total. The monoisotopic (exact) mass is 339 g/mol. The minimum atomic E-state index is -0.381. The highest BCUT2D eigenvalue weighted by atomic mass is 16.2. The van der Waals surface area contributed by atoms with Crippen molar-refractivity contribution in [1.29, 1.82) is 0 Å². The Kier molecular flexibility index (Phi) is 4.53. The lowest BCUT2D eigenvalue weighted by atomic mass is 10.0. The lowest BCUT2D eigenvalue weighted by Gasteiger charge is -2.24. The summed E-state index contributed by atoms with van der Waals surface area (Å²) in [5, 5.41) is 15.3. The molecule has 0 bridgehead atoms. The van der Waals surface area contributed by atoms with Gasteiger partial charge in [-0.15, -0.1) is 10.2 Å². The van der Waals surface area contributed by atoms with Gasteiger partial charge in [-0.1, -0.05) is 30.3 Å². The molecule has 1 aliphatic heterocycles. The lowest BCUT2D eigenvalue weighted by Crippen LogP contribution is -2.40. The fraction of sp³-hybridized carbons (Fsp3) is 0.526. The molecule has 0 unspecified atom stereocenters. The van der Waals surface area contributed by atoms with Gasteiger partial charge in [-0.2, -0.15) is 0 Å². The molecule has 2 atom stereocenters. The van der Waals surface area contributed by atoms with E-state index in [0.29, 0.717) is 6.04 Å². The number of amides is 1. The van der Waals surface area contributed by atoms with E-state index in [1.165, 1.54) is 6.42 Å². The van der Waals surface area contributed by atoms with Crippen LogP contribution in [0.4, 0.5) is 0 Å². The molecule has 2 aliphatic rings. The van der Waals surface area contributed by atoms with E-state index in [-0.39, 0.29) is 18.0 Å². The Hall–Kier alpha value is -2.21. The molecule has 1 aromatic heterocycles. The van der Waals surface area contributed by atoms with Crippen molar-refractivity contribution in [3.8, 4) is 0 Å². The summed E-state index contributed by atoms with van der Waals surface area (Å²) in [6.07, 6.45) is 5.50. The number of hydrogen-bond donors (Lipinski definition) is 2. The second-order valence-electron chi connectivity index (χ2n) is 7.10. The molecule has 1 aromatic carbocycles. The molecule has 0 saturated heterocycles. The van der Waals surface area contributed by atoms with E-state index in [1.54, 1.807) is 0 Å². The SMILES string of the molecule is C[C@H](N[C@H](C(=O)NC1CC1)c1ccccc1)c1nnc2n1CCCC2. The van der Waals surface area contributed by atoms with Crippen molar-refractivity contribution < 1.29 is 4.79 Å². The lowest BCUT2D eigenvalue weighted by molar-refractivity contribution is -0.123. The zero-order valence-corrected chi connectivity index (χ0v) is 14.6. The van der Waals surface area contributed by atoms with E-state index in [0.717, 1.165) is 49.4 Å². The fourth-order valence-corrected chi connectivity index (χ4v) is 3.46. The van der Waals surface area contributed by atoms with Crippen molar-refractivity contribution in [3.05, 3.63) is 47.5 Å². The van der Waals surface area contributed by atoms with Crippen molar-refractivity contribution >= 4 is 5.91 Å². The van der Waals surface area contributed by atoms with Crippen LogP contribution in [0.1, 0.15) is 61.9 Å². The van der Waals surface area contributed by atoms with Gasteiger partial charge in [0.1, 0.15) is 17.7 Å². The molecule has 0 spiro atoms. The Labute approximate surface area is 148 Å². The number of aromatic nitrogens is 3. The molecule has 6 heteroatoms.